The highest BCUT2D eigenvalue weighted by molar-refractivity contribution is 7.13. The Bertz CT molecular complexity index is 704. The van der Waals surface area contributed by atoms with E-state index < -0.39 is 0 Å². The fourth-order valence-electron chi connectivity index (χ4n) is 1.99. The molecule has 0 saturated carbocycles. The summed E-state index contributed by atoms with van der Waals surface area (Å²) in [6.45, 7) is 0.592. The Morgan fingerprint density at radius 1 is 1.00 bits per heavy atom. The molecule has 21 heavy (non-hydrogen) atoms. The molecule has 3 rings (SSSR count). The fraction of sp³-hybridized carbons (Fsp3) is 0.0625. The smallest absolute Gasteiger partial charge is 0.123 e. The molecule has 0 saturated heterocycles. The third-order valence-electron chi connectivity index (χ3n) is 3.10. The molecule has 1 aromatic heterocycles. The normalized spacial score (nSPS) is 10.6. The quantitative estimate of drug-likeness (QED) is 0.659. The predicted octanol–water partition coefficient (Wildman–Crippen LogP) is 5.73. The second kappa shape index (κ2) is 6.48. The minimum Gasteiger partial charge on any atom is -0.381 e. The highest BCUT2D eigenvalue weighted by atomic mass is 35.5. The molecule has 0 fully saturated rings. The summed E-state index contributed by atoms with van der Waals surface area (Å²) in [4.78, 5) is 4.30. The summed E-state index contributed by atoms with van der Waals surface area (Å²) >= 11 is 13.9. The van der Waals surface area contributed by atoms with Gasteiger partial charge in [0.2, 0.25) is 0 Å². The van der Waals surface area contributed by atoms with Gasteiger partial charge in [-0.15, -0.1) is 11.3 Å². The van der Waals surface area contributed by atoms with Gasteiger partial charge in [0.1, 0.15) is 5.01 Å². The van der Waals surface area contributed by atoms with Crippen LogP contribution in [-0.2, 0) is 6.54 Å². The van der Waals surface area contributed by atoms with Crippen molar-refractivity contribution in [3.8, 4) is 10.6 Å². The van der Waals surface area contributed by atoms with Crippen molar-refractivity contribution in [2.75, 3.05) is 5.32 Å². The minimum absolute atomic E-state index is 0.592. The first-order valence-electron chi connectivity index (χ1n) is 6.41. The van der Waals surface area contributed by atoms with Gasteiger partial charge in [-0.3, -0.25) is 0 Å². The average molecular weight is 335 g/mol. The molecule has 2 aromatic carbocycles. The van der Waals surface area contributed by atoms with E-state index in [9.17, 15) is 0 Å². The highest BCUT2D eigenvalue weighted by Gasteiger charge is 2.05. The minimum atomic E-state index is 0.592. The number of thiazole rings is 1. The maximum absolute atomic E-state index is 6.16. The van der Waals surface area contributed by atoms with Gasteiger partial charge in [0, 0.05) is 45.0 Å². The van der Waals surface area contributed by atoms with Crippen molar-refractivity contribution in [2.24, 2.45) is 0 Å². The van der Waals surface area contributed by atoms with Crippen LogP contribution in [0.5, 0.6) is 0 Å². The number of nitrogens with zero attached hydrogens (tertiary/aromatic N) is 1. The molecule has 0 unspecified atom stereocenters. The van der Waals surface area contributed by atoms with Crippen LogP contribution in [0.4, 0.5) is 5.69 Å². The van der Waals surface area contributed by atoms with E-state index in [1.165, 1.54) is 0 Å². The van der Waals surface area contributed by atoms with Crippen molar-refractivity contribution in [3.63, 3.8) is 0 Å². The molecule has 1 N–H and O–H groups in total. The Morgan fingerprint density at radius 2 is 1.71 bits per heavy atom. The molecule has 2 nitrogen and oxygen atoms in total. The van der Waals surface area contributed by atoms with E-state index >= 15 is 0 Å². The molecule has 0 amide bonds. The van der Waals surface area contributed by atoms with Crippen LogP contribution in [0.2, 0.25) is 10.0 Å². The second-order valence-electron chi connectivity index (χ2n) is 4.47. The number of hydrogen-bond donors (Lipinski definition) is 1. The predicted molar refractivity (Wildman–Crippen MR) is 91.3 cm³/mol. The molecule has 0 aliphatic heterocycles. The van der Waals surface area contributed by atoms with Crippen LogP contribution in [0.3, 0.4) is 0 Å². The van der Waals surface area contributed by atoms with E-state index in [1.54, 1.807) is 11.3 Å². The van der Waals surface area contributed by atoms with E-state index in [-0.39, 0.29) is 0 Å². The molecule has 106 valence electrons. The Balaban J connectivity index is 1.71. The molecule has 0 radical (unpaired) electrons. The van der Waals surface area contributed by atoms with Gasteiger partial charge in [0.15, 0.2) is 0 Å². The largest absolute Gasteiger partial charge is 0.381 e. The molecular weight excluding hydrogens is 323 g/mol. The van der Waals surface area contributed by atoms with Crippen LogP contribution >= 0.6 is 34.5 Å². The topological polar surface area (TPSA) is 24.9 Å². The molecule has 3 aromatic rings. The monoisotopic (exact) mass is 334 g/mol. The van der Waals surface area contributed by atoms with Gasteiger partial charge >= 0.3 is 0 Å². The maximum Gasteiger partial charge on any atom is 0.123 e. The van der Waals surface area contributed by atoms with Crippen LogP contribution in [0.25, 0.3) is 10.6 Å². The Kier molecular flexibility index (Phi) is 4.44. The molecular formula is C16H12Cl2N2S. The summed E-state index contributed by atoms with van der Waals surface area (Å²) in [5.41, 5.74) is 3.04. The Morgan fingerprint density at radius 3 is 2.33 bits per heavy atom. The van der Waals surface area contributed by atoms with Crippen LogP contribution in [0.15, 0.2) is 54.0 Å². The first-order valence-corrected chi connectivity index (χ1v) is 8.04. The number of benzene rings is 2. The highest BCUT2D eigenvalue weighted by Crippen LogP contribution is 2.26. The lowest BCUT2D eigenvalue weighted by atomic mass is 10.2. The van der Waals surface area contributed by atoms with Gasteiger partial charge in [0.25, 0.3) is 0 Å². The van der Waals surface area contributed by atoms with Crippen LogP contribution in [-0.4, -0.2) is 4.98 Å². The van der Waals surface area contributed by atoms with E-state index in [4.69, 9.17) is 23.2 Å². The molecule has 0 bridgehead atoms. The Labute approximate surface area is 137 Å². The molecule has 0 atom stereocenters. The van der Waals surface area contributed by atoms with Crippen molar-refractivity contribution in [1.82, 2.24) is 4.98 Å². The van der Waals surface area contributed by atoms with Crippen LogP contribution in [0, 0.1) is 0 Å². The number of rotatable bonds is 4. The molecule has 0 aliphatic rings. The lowest BCUT2D eigenvalue weighted by Crippen LogP contribution is -2.00. The number of halogens is 2. The number of anilines is 1. The van der Waals surface area contributed by atoms with Gasteiger partial charge in [-0.1, -0.05) is 29.3 Å². The van der Waals surface area contributed by atoms with Crippen molar-refractivity contribution in [1.29, 1.82) is 0 Å². The van der Waals surface area contributed by atoms with Crippen molar-refractivity contribution in [3.05, 3.63) is 69.7 Å². The first-order chi connectivity index (χ1) is 10.2. The number of aromatic nitrogens is 1. The zero-order valence-corrected chi connectivity index (χ0v) is 13.3. The third kappa shape index (κ3) is 3.38. The van der Waals surface area contributed by atoms with Gasteiger partial charge in [-0.25, -0.2) is 4.98 Å². The van der Waals surface area contributed by atoms with Gasteiger partial charge in [-0.05, 0) is 36.4 Å². The number of hydrogen-bond acceptors (Lipinski definition) is 3. The second-order valence-corrected chi connectivity index (χ2v) is 6.18. The maximum atomic E-state index is 6.16. The van der Waals surface area contributed by atoms with E-state index in [0.29, 0.717) is 16.6 Å². The van der Waals surface area contributed by atoms with E-state index in [2.05, 4.69) is 22.4 Å². The van der Waals surface area contributed by atoms with Gasteiger partial charge in [-0.2, -0.15) is 0 Å². The zero-order chi connectivity index (χ0) is 14.7. The van der Waals surface area contributed by atoms with Crippen molar-refractivity contribution in [2.45, 2.75) is 6.54 Å². The Hall–Kier alpha value is -1.55. The van der Waals surface area contributed by atoms with Gasteiger partial charge in [0.05, 0.1) is 0 Å². The zero-order valence-electron chi connectivity index (χ0n) is 11.0. The summed E-state index contributed by atoms with van der Waals surface area (Å²) in [5.74, 6) is 0. The summed E-state index contributed by atoms with van der Waals surface area (Å²) < 4.78 is 0. The standard InChI is InChI=1S/C16H12Cl2N2S/c17-14-2-1-3-15(18)13(14)10-20-12-6-4-11(5-7-12)16-19-8-9-21-16/h1-9,20H,10H2. The van der Waals surface area contributed by atoms with Crippen LogP contribution in [0.1, 0.15) is 5.56 Å². The molecule has 0 spiro atoms. The SMILES string of the molecule is Clc1cccc(Cl)c1CNc1ccc(-c2nccs2)cc1. The van der Waals surface area contributed by atoms with Crippen molar-refractivity contribution < 1.29 is 0 Å². The summed E-state index contributed by atoms with van der Waals surface area (Å²) in [6.07, 6.45) is 1.81. The van der Waals surface area contributed by atoms with Gasteiger partial charge < -0.3 is 5.32 Å². The van der Waals surface area contributed by atoms with E-state index in [1.807, 2.05) is 41.9 Å². The molecule has 5 heteroatoms. The third-order valence-corrected chi connectivity index (χ3v) is 4.63. The lowest BCUT2D eigenvalue weighted by Gasteiger charge is -2.10. The summed E-state index contributed by atoms with van der Waals surface area (Å²) in [5, 5.41) is 7.68. The lowest BCUT2D eigenvalue weighted by molar-refractivity contribution is 1.15. The average Bonchev–Trinajstić information content (AvgIpc) is 3.02. The fourth-order valence-corrected chi connectivity index (χ4v) is 3.16. The molecule has 1 heterocycles. The number of nitrogens with one attached hydrogen (secondary N) is 1. The molecule has 0 aliphatic carbocycles. The summed E-state index contributed by atoms with van der Waals surface area (Å²) in [7, 11) is 0. The van der Waals surface area contributed by atoms with Crippen LogP contribution < -0.4 is 5.32 Å². The van der Waals surface area contributed by atoms with Crippen molar-refractivity contribution >= 4 is 40.2 Å². The first kappa shape index (κ1) is 14.4. The van der Waals surface area contributed by atoms with E-state index in [0.717, 1.165) is 21.8 Å². The summed E-state index contributed by atoms with van der Waals surface area (Å²) in [6, 6.07) is 13.7.